The molecule has 0 unspecified atom stereocenters. The first kappa shape index (κ1) is 21.4. The fraction of sp³-hybridized carbons (Fsp3) is 0.0400. The van der Waals surface area contributed by atoms with Gasteiger partial charge in [0.05, 0.1) is 17.6 Å². The second kappa shape index (κ2) is 8.84. The van der Waals surface area contributed by atoms with Crippen molar-refractivity contribution in [1.29, 1.82) is 0 Å². The topological polar surface area (TPSA) is 106 Å². The molecule has 0 aliphatic heterocycles. The Morgan fingerprint density at radius 2 is 1.68 bits per heavy atom. The molecule has 0 saturated heterocycles. The molecule has 0 aliphatic rings. The van der Waals surface area contributed by atoms with Gasteiger partial charge in [0.1, 0.15) is 17.6 Å². The minimum atomic E-state index is -0.494. The van der Waals surface area contributed by atoms with Gasteiger partial charge in [-0.05, 0) is 48.5 Å². The summed E-state index contributed by atoms with van der Waals surface area (Å²) in [7, 11) is 0. The molecular formula is C25H17ClN4O4. The highest BCUT2D eigenvalue weighted by Crippen LogP contribution is 2.24. The molecule has 8 nitrogen and oxygen atoms in total. The lowest BCUT2D eigenvalue weighted by Crippen LogP contribution is -2.28. The Hall–Kier alpha value is -4.43. The van der Waals surface area contributed by atoms with Crippen LogP contribution in [0.25, 0.3) is 22.1 Å². The fourth-order valence-corrected chi connectivity index (χ4v) is 3.72. The van der Waals surface area contributed by atoms with Gasteiger partial charge in [-0.3, -0.25) is 19.0 Å². The van der Waals surface area contributed by atoms with Crippen LogP contribution in [0.4, 0.5) is 11.4 Å². The Balaban J connectivity index is 1.36. The second-order valence-corrected chi connectivity index (χ2v) is 7.94. The van der Waals surface area contributed by atoms with E-state index in [-0.39, 0.29) is 17.7 Å². The SMILES string of the molecule is O=C(Cn1cnc2c(oc3ccccc32)c1=O)Nc1ccccc1C(=O)Nc1ccc(Cl)cc1. The molecule has 2 heterocycles. The summed E-state index contributed by atoms with van der Waals surface area (Å²) in [4.78, 5) is 42.7. The molecule has 0 spiro atoms. The number of hydrogen-bond donors (Lipinski definition) is 2. The number of nitrogens with one attached hydrogen (secondary N) is 2. The number of aromatic nitrogens is 2. The van der Waals surface area contributed by atoms with Crippen molar-refractivity contribution in [1.82, 2.24) is 9.55 Å². The molecule has 0 bridgehead atoms. The van der Waals surface area contributed by atoms with Crippen LogP contribution in [0.1, 0.15) is 10.4 Å². The largest absolute Gasteiger partial charge is 0.448 e. The third-order valence-corrected chi connectivity index (χ3v) is 5.46. The van der Waals surface area contributed by atoms with Crippen molar-refractivity contribution in [3.8, 4) is 0 Å². The highest BCUT2D eigenvalue weighted by atomic mass is 35.5. The first-order valence-electron chi connectivity index (χ1n) is 10.3. The zero-order valence-electron chi connectivity index (χ0n) is 17.6. The van der Waals surface area contributed by atoms with Crippen LogP contribution in [0.15, 0.2) is 88.3 Å². The average molecular weight is 473 g/mol. The number of nitrogens with zero attached hydrogens (tertiary/aromatic N) is 2. The maximum Gasteiger partial charge on any atom is 0.297 e. The van der Waals surface area contributed by atoms with E-state index >= 15 is 0 Å². The molecular weight excluding hydrogens is 456 g/mol. The van der Waals surface area contributed by atoms with Crippen LogP contribution in [0, 0.1) is 0 Å². The van der Waals surface area contributed by atoms with Gasteiger partial charge < -0.3 is 15.1 Å². The molecule has 3 aromatic carbocycles. The van der Waals surface area contributed by atoms with Crippen LogP contribution in [0.2, 0.25) is 5.02 Å². The van der Waals surface area contributed by atoms with Crippen molar-refractivity contribution in [2.45, 2.75) is 6.54 Å². The maximum absolute atomic E-state index is 12.9. The smallest absolute Gasteiger partial charge is 0.297 e. The molecule has 5 aromatic rings. The number of carbonyl (C=O) groups is 2. The van der Waals surface area contributed by atoms with Gasteiger partial charge >= 0.3 is 0 Å². The number of carbonyl (C=O) groups excluding carboxylic acids is 2. The third-order valence-electron chi connectivity index (χ3n) is 5.21. The number of anilines is 2. The maximum atomic E-state index is 12.9. The quantitative estimate of drug-likeness (QED) is 0.386. The molecule has 0 aliphatic carbocycles. The van der Waals surface area contributed by atoms with Crippen LogP contribution >= 0.6 is 11.6 Å². The van der Waals surface area contributed by atoms with Gasteiger partial charge in [0.2, 0.25) is 11.5 Å². The second-order valence-electron chi connectivity index (χ2n) is 7.51. The van der Waals surface area contributed by atoms with Crippen molar-refractivity contribution in [2.24, 2.45) is 0 Å². The van der Waals surface area contributed by atoms with Gasteiger partial charge in [0, 0.05) is 16.1 Å². The predicted octanol–water partition coefficient (Wildman–Crippen LogP) is 4.69. The Labute approximate surface area is 197 Å². The van der Waals surface area contributed by atoms with E-state index in [0.717, 1.165) is 9.95 Å². The van der Waals surface area contributed by atoms with E-state index in [1.807, 2.05) is 12.1 Å². The highest BCUT2D eigenvalue weighted by molar-refractivity contribution is 6.30. The molecule has 2 aromatic heterocycles. The number of para-hydroxylation sites is 2. The lowest BCUT2D eigenvalue weighted by atomic mass is 10.1. The molecule has 2 N–H and O–H groups in total. The monoisotopic (exact) mass is 472 g/mol. The van der Waals surface area contributed by atoms with E-state index in [9.17, 15) is 14.4 Å². The molecule has 9 heteroatoms. The lowest BCUT2D eigenvalue weighted by molar-refractivity contribution is -0.116. The first-order chi connectivity index (χ1) is 16.5. The molecule has 2 amide bonds. The summed E-state index contributed by atoms with van der Waals surface area (Å²) in [5.74, 6) is -0.896. The summed E-state index contributed by atoms with van der Waals surface area (Å²) in [6.07, 6.45) is 1.31. The Bertz CT molecular complexity index is 1610. The third kappa shape index (κ3) is 4.14. The van der Waals surface area contributed by atoms with Crippen LogP contribution in [0.5, 0.6) is 0 Å². The minimum absolute atomic E-state index is 0.0826. The summed E-state index contributed by atoms with van der Waals surface area (Å²) in [6.45, 7) is -0.300. The lowest BCUT2D eigenvalue weighted by Gasteiger charge is -2.12. The normalized spacial score (nSPS) is 11.0. The fourth-order valence-electron chi connectivity index (χ4n) is 3.59. The molecule has 168 valence electrons. The summed E-state index contributed by atoms with van der Waals surface area (Å²) < 4.78 is 6.81. The highest BCUT2D eigenvalue weighted by Gasteiger charge is 2.17. The molecule has 0 radical (unpaired) electrons. The van der Waals surface area contributed by atoms with E-state index in [2.05, 4.69) is 15.6 Å². The average Bonchev–Trinajstić information content (AvgIpc) is 3.22. The Kier molecular flexibility index (Phi) is 5.57. The van der Waals surface area contributed by atoms with Crippen LogP contribution < -0.4 is 16.2 Å². The van der Waals surface area contributed by atoms with Crippen LogP contribution in [-0.2, 0) is 11.3 Å². The standard InChI is InChI=1S/C25H17ClN4O4/c26-15-9-11-16(12-10-15)28-24(32)17-5-1-3-7-19(17)29-21(31)13-30-14-27-22-18-6-2-4-8-20(18)34-23(22)25(30)33/h1-12,14H,13H2,(H,28,32)(H,29,31). The van der Waals surface area contributed by atoms with E-state index < -0.39 is 17.4 Å². The zero-order valence-corrected chi connectivity index (χ0v) is 18.4. The number of benzene rings is 3. The Morgan fingerprint density at radius 1 is 0.941 bits per heavy atom. The summed E-state index contributed by atoms with van der Waals surface area (Å²) in [6, 6.07) is 20.5. The van der Waals surface area contributed by atoms with E-state index in [1.165, 1.54) is 6.33 Å². The van der Waals surface area contributed by atoms with Crippen molar-refractivity contribution in [3.63, 3.8) is 0 Å². The van der Waals surface area contributed by atoms with Gasteiger partial charge in [-0.15, -0.1) is 0 Å². The summed E-state index contributed by atoms with van der Waals surface area (Å²) in [5.41, 5.74) is 1.75. The zero-order chi connectivity index (χ0) is 23.7. The van der Waals surface area contributed by atoms with E-state index in [4.69, 9.17) is 16.0 Å². The van der Waals surface area contributed by atoms with Crippen molar-refractivity contribution in [2.75, 3.05) is 10.6 Å². The van der Waals surface area contributed by atoms with Crippen molar-refractivity contribution >= 4 is 56.9 Å². The number of amides is 2. The predicted molar refractivity (Wildman–Crippen MR) is 130 cm³/mol. The number of fused-ring (bicyclic) bond motifs is 3. The molecule has 0 fully saturated rings. The van der Waals surface area contributed by atoms with Gasteiger partial charge in [-0.25, -0.2) is 4.98 Å². The van der Waals surface area contributed by atoms with Gasteiger partial charge in [-0.1, -0.05) is 35.9 Å². The van der Waals surface area contributed by atoms with Gasteiger partial charge in [0.25, 0.3) is 11.5 Å². The minimum Gasteiger partial charge on any atom is -0.448 e. The number of hydrogen-bond acceptors (Lipinski definition) is 5. The van der Waals surface area contributed by atoms with Crippen molar-refractivity contribution < 1.29 is 14.0 Å². The van der Waals surface area contributed by atoms with E-state index in [1.54, 1.807) is 60.7 Å². The van der Waals surface area contributed by atoms with Crippen molar-refractivity contribution in [3.05, 3.63) is 100 Å². The van der Waals surface area contributed by atoms with Gasteiger partial charge in [-0.2, -0.15) is 0 Å². The molecule has 34 heavy (non-hydrogen) atoms. The molecule has 5 rings (SSSR count). The van der Waals surface area contributed by atoms with Crippen LogP contribution in [-0.4, -0.2) is 21.4 Å². The molecule has 0 saturated carbocycles. The summed E-state index contributed by atoms with van der Waals surface area (Å²) >= 11 is 5.88. The van der Waals surface area contributed by atoms with E-state index in [0.29, 0.717) is 27.5 Å². The number of furan rings is 1. The number of rotatable bonds is 5. The molecule has 0 atom stereocenters. The van der Waals surface area contributed by atoms with Crippen LogP contribution in [0.3, 0.4) is 0 Å². The number of halogens is 1. The summed E-state index contributed by atoms with van der Waals surface area (Å²) in [5, 5.41) is 6.74. The Morgan fingerprint density at radius 3 is 2.50 bits per heavy atom. The first-order valence-corrected chi connectivity index (χ1v) is 10.7. The van der Waals surface area contributed by atoms with Gasteiger partial charge in [0.15, 0.2) is 0 Å².